The number of thioether (sulfide) groups is 1. The van der Waals surface area contributed by atoms with Crippen LogP contribution in [0.25, 0.3) is 11.0 Å². The normalized spacial score (nSPS) is 18.9. The molecule has 1 fully saturated rings. The van der Waals surface area contributed by atoms with Gasteiger partial charge in [0.25, 0.3) is 5.91 Å². The number of piperidine rings is 1. The molecule has 1 aromatic heterocycles. The summed E-state index contributed by atoms with van der Waals surface area (Å²) in [6, 6.07) is 10.3. The van der Waals surface area contributed by atoms with Crippen molar-refractivity contribution in [3.8, 4) is 11.6 Å². The summed E-state index contributed by atoms with van der Waals surface area (Å²) in [5.41, 5.74) is 2.47. The number of ether oxygens (including phenoxy) is 3. The number of carbonyl (C=O) groups is 3. The highest BCUT2D eigenvalue weighted by Crippen LogP contribution is 2.32. The highest BCUT2D eigenvalue weighted by Gasteiger charge is 2.36. The fourth-order valence-electron chi connectivity index (χ4n) is 4.81. The molecule has 2 atom stereocenters. The third-order valence-electron chi connectivity index (χ3n) is 6.86. The first-order valence-corrected chi connectivity index (χ1v) is 14.1. The molecule has 0 radical (unpaired) electrons. The van der Waals surface area contributed by atoms with Crippen LogP contribution in [0.15, 0.2) is 47.5 Å². The molecule has 5 rings (SSSR count). The molecule has 3 aromatic rings. The van der Waals surface area contributed by atoms with E-state index in [4.69, 9.17) is 14.2 Å². The molecule has 0 aliphatic carbocycles. The highest BCUT2D eigenvalue weighted by molar-refractivity contribution is 8.00. The van der Waals surface area contributed by atoms with Gasteiger partial charge < -0.3 is 24.8 Å². The monoisotopic (exact) mass is 565 g/mol. The van der Waals surface area contributed by atoms with Crippen LogP contribution in [0, 0.1) is 5.92 Å². The molecule has 3 heterocycles. The van der Waals surface area contributed by atoms with Crippen LogP contribution in [0.1, 0.15) is 23.7 Å². The van der Waals surface area contributed by atoms with Gasteiger partial charge in [0.2, 0.25) is 11.8 Å². The van der Waals surface area contributed by atoms with Crippen LogP contribution in [0.4, 0.5) is 5.69 Å². The molecule has 11 nitrogen and oxygen atoms in total. The van der Waals surface area contributed by atoms with Gasteiger partial charge in [-0.2, -0.15) is 0 Å². The van der Waals surface area contributed by atoms with Crippen LogP contribution in [0.5, 0.6) is 11.6 Å². The number of benzene rings is 2. The van der Waals surface area contributed by atoms with Gasteiger partial charge >= 0.3 is 5.97 Å². The lowest BCUT2D eigenvalue weighted by atomic mass is 9.91. The Morgan fingerprint density at radius 1 is 1.20 bits per heavy atom. The minimum Gasteiger partial charge on any atom is -0.497 e. The van der Waals surface area contributed by atoms with Crippen molar-refractivity contribution < 1.29 is 28.6 Å². The number of hydrogen-bond acceptors (Lipinski definition) is 10. The number of likely N-dealkylation sites (tertiary alicyclic amines) is 1. The van der Waals surface area contributed by atoms with Crippen LogP contribution in [0.3, 0.4) is 0 Å². The minimum absolute atomic E-state index is 0.0957. The van der Waals surface area contributed by atoms with Gasteiger partial charge in [-0.25, -0.2) is 9.97 Å². The molecular formula is C28H31N5O6S. The van der Waals surface area contributed by atoms with Crippen LogP contribution >= 0.6 is 11.8 Å². The summed E-state index contributed by atoms with van der Waals surface area (Å²) >= 11 is 1.44. The molecule has 1 saturated heterocycles. The van der Waals surface area contributed by atoms with Crippen molar-refractivity contribution in [3.63, 3.8) is 0 Å². The van der Waals surface area contributed by atoms with Gasteiger partial charge in [-0.05, 0) is 43.7 Å². The quantitative estimate of drug-likeness (QED) is 0.373. The zero-order chi connectivity index (χ0) is 28.1. The molecule has 40 heavy (non-hydrogen) atoms. The van der Waals surface area contributed by atoms with E-state index < -0.39 is 5.92 Å². The number of esters is 1. The molecule has 0 bridgehead atoms. The fraction of sp³-hybridized carbons (Fsp3) is 0.393. The summed E-state index contributed by atoms with van der Waals surface area (Å²) in [5, 5.41) is 5.83. The number of hydrogen-bond donors (Lipinski definition) is 2. The van der Waals surface area contributed by atoms with E-state index in [1.54, 1.807) is 38.4 Å². The summed E-state index contributed by atoms with van der Waals surface area (Å²) in [5.74, 6) is 0.187. The van der Waals surface area contributed by atoms with E-state index in [-0.39, 0.29) is 30.4 Å². The Morgan fingerprint density at radius 3 is 2.90 bits per heavy atom. The number of aromatic nitrogens is 2. The number of anilines is 1. The van der Waals surface area contributed by atoms with Crippen LogP contribution < -0.4 is 20.1 Å². The number of nitrogens with zero attached hydrogens (tertiary/aromatic N) is 3. The van der Waals surface area contributed by atoms with E-state index in [1.165, 1.54) is 11.8 Å². The second kappa shape index (κ2) is 12.5. The number of fused-ring (bicyclic) bond motifs is 2. The number of methoxy groups -OCH3 is 1. The van der Waals surface area contributed by atoms with Crippen molar-refractivity contribution in [2.75, 3.05) is 51.0 Å². The van der Waals surface area contributed by atoms with Crippen LogP contribution in [-0.2, 0) is 14.3 Å². The van der Waals surface area contributed by atoms with Crippen molar-refractivity contribution in [1.82, 2.24) is 20.2 Å². The fourth-order valence-corrected chi connectivity index (χ4v) is 5.60. The lowest BCUT2D eigenvalue weighted by Gasteiger charge is -2.37. The summed E-state index contributed by atoms with van der Waals surface area (Å²) in [6.45, 7) is 4.03. The van der Waals surface area contributed by atoms with Gasteiger partial charge in [0.15, 0.2) is 0 Å². The summed E-state index contributed by atoms with van der Waals surface area (Å²) < 4.78 is 16.5. The molecule has 2 aliphatic rings. The molecular weight excluding hydrogens is 534 g/mol. The Hall–Kier alpha value is -3.90. The first kappa shape index (κ1) is 27.7. The second-order valence-corrected chi connectivity index (χ2v) is 10.5. The third-order valence-corrected chi connectivity index (χ3v) is 7.94. The first-order chi connectivity index (χ1) is 19.4. The van der Waals surface area contributed by atoms with E-state index in [2.05, 4.69) is 25.5 Å². The number of amides is 2. The van der Waals surface area contributed by atoms with E-state index in [0.717, 1.165) is 10.4 Å². The van der Waals surface area contributed by atoms with Crippen molar-refractivity contribution in [3.05, 3.63) is 48.2 Å². The van der Waals surface area contributed by atoms with Gasteiger partial charge in [-0.1, -0.05) is 0 Å². The average Bonchev–Trinajstić information content (AvgIpc) is 2.97. The van der Waals surface area contributed by atoms with Crippen LogP contribution in [-0.4, -0.2) is 84.4 Å². The summed E-state index contributed by atoms with van der Waals surface area (Å²) in [7, 11) is 1.60. The highest BCUT2D eigenvalue weighted by atomic mass is 32.2. The smallest absolute Gasteiger partial charge is 0.312 e. The zero-order valence-corrected chi connectivity index (χ0v) is 23.2. The van der Waals surface area contributed by atoms with E-state index in [0.29, 0.717) is 66.8 Å². The molecule has 0 spiro atoms. The predicted octanol–water partition coefficient (Wildman–Crippen LogP) is 2.75. The van der Waals surface area contributed by atoms with Gasteiger partial charge in [0, 0.05) is 42.2 Å². The van der Waals surface area contributed by atoms with Crippen LogP contribution in [0.2, 0.25) is 0 Å². The molecule has 0 saturated carbocycles. The topological polar surface area (TPSA) is 132 Å². The lowest BCUT2D eigenvalue weighted by Crippen LogP contribution is -2.54. The van der Waals surface area contributed by atoms with E-state index in [1.807, 2.05) is 18.2 Å². The van der Waals surface area contributed by atoms with Crippen molar-refractivity contribution in [1.29, 1.82) is 0 Å². The number of nitrogens with one attached hydrogen (secondary N) is 2. The van der Waals surface area contributed by atoms with Crippen molar-refractivity contribution in [2.45, 2.75) is 24.3 Å². The minimum atomic E-state index is -0.529. The van der Waals surface area contributed by atoms with Gasteiger partial charge in [-0.15, -0.1) is 11.8 Å². The molecule has 2 aromatic carbocycles. The molecule has 12 heteroatoms. The Bertz CT molecular complexity index is 1420. The number of rotatable bonds is 9. The van der Waals surface area contributed by atoms with Gasteiger partial charge in [0.1, 0.15) is 12.4 Å². The summed E-state index contributed by atoms with van der Waals surface area (Å²) in [6.07, 6.45) is 2.16. The average molecular weight is 566 g/mol. The maximum atomic E-state index is 13.1. The molecule has 2 aliphatic heterocycles. The second-order valence-electron chi connectivity index (χ2n) is 9.49. The molecule has 210 valence electrons. The third kappa shape index (κ3) is 6.45. The Labute approximate surface area is 236 Å². The standard InChI is InChI=1S/C28H31N5O6S/c1-3-38-28(36)19-15-33(10-11-39-26-14-29-21-6-5-18(37-2)13-22(21)31-26)9-8-20(19)32-27(35)17-4-7-24-23(12-17)30-25(34)16-40-24/h4-7,12-14,19-20H,3,8-11,15-16H2,1-2H3,(H,30,34)(H,32,35)/t19-,20+/m1/s1. The Kier molecular flexibility index (Phi) is 8.66. The SMILES string of the molecule is CCOC(=O)[C@@H]1CN(CCOc2cnc3ccc(OC)cc3n2)CC[C@@H]1NC(=O)c1ccc2c(c1)NC(=O)CS2. The van der Waals surface area contributed by atoms with Crippen molar-refractivity contribution in [2.24, 2.45) is 5.92 Å². The lowest BCUT2D eigenvalue weighted by molar-refractivity contribution is -0.151. The maximum absolute atomic E-state index is 13.1. The van der Waals surface area contributed by atoms with Gasteiger partial charge in [0.05, 0.1) is 48.3 Å². The molecule has 0 unspecified atom stereocenters. The zero-order valence-electron chi connectivity index (χ0n) is 22.3. The predicted molar refractivity (Wildman–Crippen MR) is 150 cm³/mol. The largest absolute Gasteiger partial charge is 0.497 e. The maximum Gasteiger partial charge on any atom is 0.312 e. The van der Waals surface area contributed by atoms with Crippen molar-refractivity contribution >= 4 is 46.3 Å². The van der Waals surface area contributed by atoms with E-state index >= 15 is 0 Å². The Morgan fingerprint density at radius 2 is 2.08 bits per heavy atom. The summed E-state index contributed by atoms with van der Waals surface area (Å²) in [4.78, 5) is 49.7. The van der Waals surface area contributed by atoms with E-state index in [9.17, 15) is 14.4 Å². The molecule has 2 amide bonds. The van der Waals surface area contributed by atoms with Gasteiger partial charge in [-0.3, -0.25) is 19.3 Å². The molecule has 2 N–H and O–H groups in total. The Balaban J connectivity index is 1.19. The first-order valence-electron chi connectivity index (χ1n) is 13.1. The number of carbonyl (C=O) groups excluding carboxylic acids is 3.